The van der Waals surface area contributed by atoms with E-state index < -0.39 is 0 Å². The van der Waals surface area contributed by atoms with Gasteiger partial charge in [0.2, 0.25) is 0 Å². The zero-order valence-corrected chi connectivity index (χ0v) is 26.0. The first-order chi connectivity index (χ1) is 19.5. The summed E-state index contributed by atoms with van der Waals surface area (Å²) in [5.41, 5.74) is 13.7. The van der Waals surface area contributed by atoms with Crippen molar-refractivity contribution >= 4 is 35.7 Å². The van der Waals surface area contributed by atoms with Crippen LogP contribution in [0.15, 0.2) is 32.3 Å². The minimum absolute atomic E-state index is 0.0725. The zero-order chi connectivity index (χ0) is 28.6. The van der Waals surface area contributed by atoms with E-state index in [9.17, 15) is 0 Å². The fourth-order valence-corrected chi connectivity index (χ4v) is 7.46. The van der Waals surface area contributed by atoms with Gasteiger partial charge in [0.05, 0.1) is 23.5 Å². The summed E-state index contributed by atoms with van der Waals surface area (Å²) in [6.07, 6.45) is 17.5. The molecule has 0 aliphatic carbocycles. The Balaban J connectivity index is 1.92. The molecule has 0 aromatic carbocycles. The molecule has 40 heavy (non-hydrogen) atoms. The smallest absolute Gasteiger partial charge is 0.0926 e. The maximum absolute atomic E-state index is 5.38. The second kappa shape index (κ2) is 11.8. The van der Waals surface area contributed by atoms with Gasteiger partial charge in [-0.15, -0.1) is 0 Å². The third-order valence-corrected chi connectivity index (χ3v) is 9.33. The van der Waals surface area contributed by atoms with Gasteiger partial charge in [0.1, 0.15) is 0 Å². The van der Waals surface area contributed by atoms with E-state index in [0.29, 0.717) is 0 Å². The van der Waals surface area contributed by atoms with Gasteiger partial charge in [-0.2, -0.15) is 0 Å². The molecule has 0 saturated heterocycles. The minimum atomic E-state index is 0.0725. The van der Waals surface area contributed by atoms with Crippen LogP contribution in [0.1, 0.15) is 103 Å². The van der Waals surface area contributed by atoms with Crippen molar-refractivity contribution in [1.29, 1.82) is 0 Å². The number of hydrogen-bond donors (Lipinski definition) is 2. The van der Waals surface area contributed by atoms with E-state index in [1.807, 2.05) is 0 Å². The van der Waals surface area contributed by atoms with Gasteiger partial charge in [-0.1, -0.05) is 55.4 Å². The van der Waals surface area contributed by atoms with Crippen LogP contribution >= 0.6 is 0 Å². The van der Waals surface area contributed by atoms with Gasteiger partial charge in [0.25, 0.3) is 0 Å². The highest BCUT2D eigenvalue weighted by molar-refractivity contribution is 6.23. The summed E-state index contributed by atoms with van der Waals surface area (Å²) in [5, 5.41) is 4.90. The maximum Gasteiger partial charge on any atom is 0.0926 e. The Morgan fingerprint density at radius 2 is 0.825 bits per heavy atom. The van der Waals surface area contributed by atoms with Crippen molar-refractivity contribution in [1.82, 2.24) is 9.97 Å². The largest absolute Gasteiger partial charge is 0.355 e. The van der Waals surface area contributed by atoms with E-state index in [0.717, 1.165) is 62.8 Å². The number of nitrogens with one attached hydrogen (secondary N) is 2. The molecule has 3 aliphatic rings. The summed E-state index contributed by atoms with van der Waals surface area (Å²) in [7, 11) is 0. The number of fused-ring (bicyclic) bond motifs is 6. The quantitative estimate of drug-likeness (QED) is 0.460. The standard InChI is InChI=1S/C36H48N4/c1-9-21-22(10-2)30-18-32-25(13-5)26(14-6)34(39-32)20-36-28(16-8)27(15-7)35(40-36)19-33-24(12-4)23(11-3)31(38-33)17-29(21)37-30/h17-20,29,36,38-39H,9-16H2,1-8H3/b31-17-,32-18?,33-19?,34-20-. The highest BCUT2D eigenvalue weighted by atomic mass is 14.9. The third-order valence-electron chi connectivity index (χ3n) is 9.33. The van der Waals surface area contributed by atoms with Gasteiger partial charge in [-0.05, 0) is 120 Å². The lowest BCUT2D eigenvalue weighted by Crippen LogP contribution is -2.17. The molecule has 8 bridgehead atoms. The number of nitrogens with zero attached hydrogens (tertiary/aromatic N) is 2. The number of rotatable bonds is 8. The molecule has 2 aromatic rings. The van der Waals surface area contributed by atoms with Crippen molar-refractivity contribution in [2.45, 2.75) is 119 Å². The number of aliphatic imine (C=N–C) groups is 2. The Labute approximate surface area is 240 Å². The molecule has 212 valence electrons. The van der Waals surface area contributed by atoms with Gasteiger partial charge in [0.15, 0.2) is 0 Å². The number of H-pyrrole nitrogens is 2. The summed E-state index contributed by atoms with van der Waals surface area (Å²) in [4.78, 5) is 18.5. The molecule has 2 N–H and O–H groups in total. The fourth-order valence-electron chi connectivity index (χ4n) is 7.46. The molecule has 4 nitrogen and oxygen atoms in total. The number of hydrogen-bond acceptors (Lipinski definition) is 2. The Morgan fingerprint density at radius 3 is 1.12 bits per heavy atom. The molecular weight excluding hydrogens is 488 g/mol. The van der Waals surface area contributed by atoms with Crippen LogP contribution in [-0.4, -0.2) is 33.5 Å². The second-order valence-corrected chi connectivity index (χ2v) is 11.2. The van der Waals surface area contributed by atoms with Crippen molar-refractivity contribution in [3.8, 4) is 0 Å². The molecular formula is C36H48N4. The highest BCUT2D eigenvalue weighted by Crippen LogP contribution is 2.30. The zero-order valence-electron chi connectivity index (χ0n) is 26.0. The fraction of sp³-hybridized carbons (Fsp3) is 0.500. The first kappa shape index (κ1) is 28.4. The first-order valence-corrected chi connectivity index (χ1v) is 15.9. The average molecular weight is 537 g/mol. The van der Waals surface area contributed by atoms with Crippen LogP contribution in [0.5, 0.6) is 0 Å². The minimum Gasteiger partial charge on any atom is -0.355 e. The molecule has 5 heterocycles. The van der Waals surface area contributed by atoms with E-state index in [2.05, 4.69) is 89.7 Å². The predicted octanol–water partition coefficient (Wildman–Crippen LogP) is 5.31. The summed E-state index contributed by atoms with van der Waals surface area (Å²) in [6.45, 7) is 18.2. The van der Waals surface area contributed by atoms with E-state index in [1.54, 1.807) is 0 Å². The monoisotopic (exact) mass is 536 g/mol. The average Bonchev–Trinajstić information content (AvgIpc) is 3.67. The van der Waals surface area contributed by atoms with Crippen LogP contribution in [0.2, 0.25) is 0 Å². The maximum atomic E-state index is 5.38. The normalized spacial score (nSPS) is 21.9. The van der Waals surface area contributed by atoms with Gasteiger partial charge in [-0.25, -0.2) is 0 Å². The topological polar surface area (TPSA) is 56.3 Å². The molecule has 0 radical (unpaired) electrons. The molecule has 0 spiro atoms. The van der Waals surface area contributed by atoms with Crippen LogP contribution in [0.25, 0.3) is 24.3 Å². The van der Waals surface area contributed by atoms with Crippen molar-refractivity contribution in [2.75, 3.05) is 0 Å². The van der Waals surface area contributed by atoms with Gasteiger partial charge < -0.3 is 9.97 Å². The van der Waals surface area contributed by atoms with Crippen molar-refractivity contribution < 1.29 is 0 Å². The SMILES string of the molecule is CCC1=C(CC)C2/C=c3\[nH]c(c(CC)c3CC)=CC3=NC(/C=c4\[nH]c(c(CC)c4CC)=CC1=N2)C(CC)=C3CC. The molecule has 2 unspecified atom stereocenters. The second-order valence-electron chi connectivity index (χ2n) is 11.2. The van der Waals surface area contributed by atoms with Crippen LogP contribution < -0.4 is 21.4 Å². The molecule has 0 fully saturated rings. The molecule has 0 amide bonds. The highest BCUT2D eigenvalue weighted by Gasteiger charge is 2.26. The molecule has 5 rings (SSSR count). The molecule has 2 aromatic heterocycles. The number of allylic oxidation sites excluding steroid dienone is 2. The van der Waals surface area contributed by atoms with Crippen molar-refractivity contribution in [3.63, 3.8) is 0 Å². The molecule has 3 aliphatic heterocycles. The number of aromatic amines is 2. The lowest BCUT2D eigenvalue weighted by atomic mass is 9.95. The third kappa shape index (κ3) is 4.63. The van der Waals surface area contributed by atoms with Crippen LogP contribution in [0.4, 0.5) is 0 Å². The Kier molecular flexibility index (Phi) is 8.35. The summed E-state index contributed by atoms with van der Waals surface area (Å²) in [6, 6.07) is 0.145. The van der Waals surface area contributed by atoms with E-state index in [1.165, 1.54) is 65.9 Å². The first-order valence-electron chi connectivity index (χ1n) is 15.9. The molecule has 2 atom stereocenters. The van der Waals surface area contributed by atoms with Crippen LogP contribution in [0, 0.1) is 0 Å². The van der Waals surface area contributed by atoms with Crippen LogP contribution in [-0.2, 0) is 25.7 Å². The van der Waals surface area contributed by atoms with Crippen molar-refractivity contribution in [2.24, 2.45) is 9.98 Å². The van der Waals surface area contributed by atoms with Crippen molar-refractivity contribution in [3.05, 3.63) is 65.9 Å². The lowest BCUT2D eigenvalue weighted by molar-refractivity contribution is 0.915. The summed E-state index contributed by atoms with van der Waals surface area (Å²) in [5.74, 6) is 0. The van der Waals surface area contributed by atoms with E-state index in [4.69, 9.17) is 9.98 Å². The Bertz CT molecular complexity index is 1550. The van der Waals surface area contributed by atoms with E-state index in [-0.39, 0.29) is 12.1 Å². The Morgan fingerprint density at radius 1 is 0.475 bits per heavy atom. The van der Waals surface area contributed by atoms with Gasteiger partial charge in [-0.3, -0.25) is 9.98 Å². The summed E-state index contributed by atoms with van der Waals surface area (Å²) < 4.78 is 0. The number of aromatic nitrogens is 2. The van der Waals surface area contributed by atoms with Gasteiger partial charge in [0, 0.05) is 21.4 Å². The summed E-state index contributed by atoms with van der Waals surface area (Å²) >= 11 is 0. The van der Waals surface area contributed by atoms with Gasteiger partial charge >= 0.3 is 0 Å². The van der Waals surface area contributed by atoms with Crippen LogP contribution in [0.3, 0.4) is 0 Å². The predicted molar refractivity (Wildman–Crippen MR) is 173 cm³/mol. The molecule has 4 heteroatoms. The van der Waals surface area contributed by atoms with E-state index >= 15 is 0 Å². The molecule has 0 saturated carbocycles. The Hall–Kier alpha value is -3.14. The lowest BCUT2D eigenvalue weighted by Gasteiger charge is -2.08.